The smallest absolute Gasteiger partial charge is 0.134 e. The van der Waals surface area contributed by atoms with Crippen LogP contribution in [0.3, 0.4) is 0 Å². The van der Waals surface area contributed by atoms with E-state index in [1.54, 1.807) is 0 Å². The molecular formula is C14H17ClN2O. The topological polar surface area (TPSA) is 28.4 Å². The summed E-state index contributed by atoms with van der Waals surface area (Å²) in [5.74, 6) is 1.00. The SMILES string of the molecule is CN1CCCNC(c2cc3cc(Cl)ccc3o2)C1. The molecule has 1 aromatic carbocycles. The highest BCUT2D eigenvalue weighted by molar-refractivity contribution is 6.31. The van der Waals surface area contributed by atoms with Gasteiger partial charge < -0.3 is 14.6 Å². The fourth-order valence-electron chi connectivity index (χ4n) is 2.49. The van der Waals surface area contributed by atoms with Crippen molar-refractivity contribution >= 4 is 22.6 Å². The van der Waals surface area contributed by atoms with Crippen molar-refractivity contribution in [3.8, 4) is 0 Å². The second-order valence-corrected chi connectivity index (χ2v) is 5.39. The first-order chi connectivity index (χ1) is 8.72. The van der Waals surface area contributed by atoms with Crippen LogP contribution >= 0.6 is 11.6 Å². The number of halogens is 1. The van der Waals surface area contributed by atoms with Crippen molar-refractivity contribution < 1.29 is 4.42 Å². The maximum atomic E-state index is 6.00. The molecule has 0 radical (unpaired) electrons. The molecule has 0 spiro atoms. The van der Waals surface area contributed by atoms with Crippen molar-refractivity contribution in [1.82, 2.24) is 10.2 Å². The molecule has 1 aliphatic heterocycles. The lowest BCUT2D eigenvalue weighted by Gasteiger charge is -2.18. The summed E-state index contributed by atoms with van der Waals surface area (Å²) in [4.78, 5) is 2.34. The highest BCUT2D eigenvalue weighted by atomic mass is 35.5. The van der Waals surface area contributed by atoms with Gasteiger partial charge in [0.1, 0.15) is 11.3 Å². The zero-order valence-corrected chi connectivity index (χ0v) is 11.2. The number of nitrogens with zero attached hydrogens (tertiary/aromatic N) is 1. The summed E-state index contributed by atoms with van der Waals surface area (Å²) in [5.41, 5.74) is 0.906. The van der Waals surface area contributed by atoms with Gasteiger partial charge in [-0.2, -0.15) is 0 Å². The minimum atomic E-state index is 0.267. The van der Waals surface area contributed by atoms with E-state index in [4.69, 9.17) is 16.0 Å². The molecule has 2 aromatic rings. The summed E-state index contributed by atoms with van der Waals surface area (Å²) in [5, 5.41) is 5.36. The van der Waals surface area contributed by atoms with Crippen LogP contribution in [-0.2, 0) is 0 Å². The molecule has 3 rings (SSSR count). The molecule has 1 aliphatic rings. The number of rotatable bonds is 1. The molecule has 1 aromatic heterocycles. The first-order valence-electron chi connectivity index (χ1n) is 6.33. The van der Waals surface area contributed by atoms with Gasteiger partial charge in [-0.1, -0.05) is 11.6 Å². The van der Waals surface area contributed by atoms with Gasteiger partial charge in [-0.25, -0.2) is 0 Å². The molecule has 2 heterocycles. The van der Waals surface area contributed by atoms with Gasteiger partial charge in [0.15, 0.2) is 0 Å². The fraction of sp³-hybridized carbons (Fsp3) is 0.429. The summed E-state index contributed by atoms with van der Waals surface area (Å²) in [6, 6.07) is 8.11. The van der Waals surface area contributed by atoms with E-state index in [-0.39, 0.29) is 6.04 Å². The van der Waals surface area contributed by atoms with Crippen LogP contribution in [0, 0.1) is 0 Å². The Morgan fingerprint density at radius 1 is 1.39 bits per heavy atom. The van der Waals surface area contributed by atoms with Crippen molar-refractivity contribution in [2.45, 2.75) is 12.5 Å². The summed E-state index contributed by atoms with van der Waals surface area (Å²) >= 11 is 6.00. The zero-order valence-electron chi connectivity index (χ0n) is 10.4. The van der Waals surface area contributed by atoms with E-state index in [1.165, 1.54) is 6.42 Å². The molecule has 0 saturated carbocycles. The largest absolute Gasteiger partial charge is 0.459 e. The van der Waals surface area contributed by atoms with Gasteiger partial charge in [-0.05, 0) is 50.8 Å². The minimum Gasteiger partial charge on any atom is -0.459 e. The Morgan fingerprint density at radius 3 is 3.17 bits per heavy atom. The highest BCUT2D eigenvalue weighted by Gasteiger charge is 2.20. The van der Waals surface area contributed by atoms with Gasteiger partial charge >= 0.3 is 0 Å². The first kappa shape index (κ1) is 12.0. The predicted molar refractivity (Wildman–Crippen MR) is 74.1 cm³/mol. The zero-order chi connectivity index (χ0) is 12.5. The lowest BCUT2D eigenvalue weighted by molar-refractivity contribution is 0.308. The second kappa shape index (κ2) is 4.92. The molecule has 1 saturated heterocycles. The lowest BCUT2D eigenvalue weighted by atomic mass is 10.2. The number of nitrogens with one attached hydrogen (secondary N) is 1. The molecule has 18 heavy (non-hydrogen) atoms. The van der Waals surface area contributed by atoms with Crippen molar-refractivity contribution in [3.63, 3.8) is 0 Å². The lowest BCUT2D eigenvalue weighted by Crippen LogP contribution is -2.28. The number of hydrogen-bond acceptors (Lipinski definition) is 3. The molecule has 1 fully saturated rings. The molecule has 3 nitrogen and oxygen atoms in total. The Kier molecular flexibility index (Phi) is 3.29. The van der Waals surface area contributed by atoms with Crippen LogP contribution in [0.25, 0.3) is 11.0 Å². The highest BCUT2D eigenvalue weighted by Crippen LogP contribution is 2.27. The summed E-state index contributed by atoms with van der Waals surface area (Å²) < 4.78 is 5.92. The fourth-order valence-corrected chi connectivity index (χ4v) is 2.67. The quantitative estimate of drug-likeness (QED) is 0.858. The van der Waals surface area contributed by atoms with Crippen molar-refractivity contribution in [3.05, 3.63) is 35.0 Å². The van der Waals surface area contributed by atoms with Gasteiger partial charge in [-0.3, -0.25) is 0 Å². The normalized spacial score (nSPS) is 22.2. The Morgan fingerprint density at radius 2 is 2.28 bits per heavy atom. The van der Waals surface area contributed by atoms with Gasteiger partial charge in [0.2, 0.25) is 0 Å². The van der Waals surface area contributed by atoms with Crippen LogP contribution in [-0.4, -0.2) is 31.6 Å². The summed E-state index contributed by atoms with van der Waals surface area (Å²) in [6.45, 7) is 3.15. The van der Waals surface area contributed by atoms with Crippen LogP contribution in [0.4, 0.5) is 0 Å². The third kappa shape index (κ3) is 2.39. The van der Waals surface area contributed by atoms with E-state index in [0.717, 1.165) is 41.4 Å². The van der Waals surface area contributed by atoms with E-state index in [1.807, 2.05) is 18.2 Å². The summed E-state index contributed by atoms with van der Waals surface area (Å²) in [6.07, 6.45) is 1.18. The van der Waals surface area contributed by atoms with E-state index in [0.29, 0.717) is 0 Å². The van der Waals surface area contributed by atoms with Gasteiger partial charge in [0, 0.05) is 17.0 Å². The van der Waals surface area contributed by atoms with E-state index in [2.05, 4.69) is 23.3 Å². The van der Waals surface area contributed by atoms with Crippen molar-refractivity contribution in [2.75, 3.05) is 26.7 Å². The Bertz CT molecular complexity index is 552. The molecule has 4 heteroatoms. The molecule has 1 atom stereocenters. The molecule has 0 bridgehead atoms. The molecule has 96 valence electrons. The Hall–Kier alpha value is -1.03. The summed E-state index contributed by atoms with van der Waals surface area (Å²) in [7, 11) is 2.15. The number of hydrogen-bond donors (Lipinski definition) is 1. The third-order valence-corrected chi connectivity index (χ3v) is 3.68. The first-order valence-corrected chi connectivity index (χ1v) is 6.71. The molecule has 0 amide bonds. The Balaban J connectivity index is 1.93. The van der Waals surface area contributed by atoms with Crippen LogP contribution in [0.1, 0.15) is 18.2 Å². The number of furan rings is 1. The maximum Gasteiger partial charge on any atom is 0.134 e. The number of benzene rings is 1. The van der Waals surface area contributed by atoms with Gasteiger partial charge in [0.05, 0.1) is 6.04 Å². The number of likely N-dealkylation sites (N-methyl/N-ethyl adjacent to an activating group) is 1. The van der Waals surface area contributed by atoms with Gasteiger partial charge in [-0.15, -0.1) is 0 Å². The van der Waals surface area contributed by atoms with E-state index < -0.39 is 0 Å². The predicted octanol–water partition coefficient (Wildman–Crippen LogP) is 3.05. The van der Waals surface area contributed by atoms with Crippen molar-refractivity contribution in [2.24, 2.45) is 0 Å². The maximum absolute atomic E-state index is 6.00. The molecule has 0 aliphatic carbocycles. The van der Waals surface area contributed by atoms with Crippen LogP contribution in [0.5, 0.6) is 0 Å². The van der Waals surface area contributed by atoms with Crippen molar-refractivity contribution in [1.29, 1.82) is 0 Å². The minimum absolute atomic E-state index is 0.267. The molecule has 1 unspecified atom stereocenters. The van der Waals surface area contributed by atoms with Crippen LogP contribution < -0.4 is 5.32 Å². The third-order valence-electron chi connectivity index (χ3n) is 3.44. The monoisotopic (exact) mass is 264 g/mol. The second-order valence-electron chi connectivity index (χ2n) is 4.95. The molecule has 1 N–H and O–H groups in total. The van der Waals surface area contributed by atoms with Crippen LogP contribution in [0.15, 0.2) is 28.7 Å². The van der Waals surface area contributed by atoms with Crippen LogP contribution in [0.2, 0.25) is 5.02 Å². The number of fused-ring (bicyclic) bond motifs is 1. The average molecular weight is 265 g/mol. The Labute approximate surface area is 112 Å². The van der Waals surface area contributed by atoms with Gasteiger partial charge in [0.25, 0.3) is 0 Å². The molecular weight excluding hydrogens is 248 g/mol. The standard InChI is InChI=1S/C14H17ClN2O/c1-17-6-2-5-16-12(9-17)14-8-10-7-11(15)3-4-13(10)18-14/h3-4,7-8,12,16H,2,5-6,9H2,1H3. The van der Waals surface area contributed by atoms with E-state index in [9.17, 15) is 0 Å². The average Bonchev–Trinajstić information content (AvgIpc) is 2.63. The van der Waals surface area contributed by atoms with E-state index >= 15 is 0 Å².